The van der Waals surface area contributed by atoms with Gasteiger partial charge < -0.3 is 14.9 Å². The van der Waals surface area contributed by atoms with E-state index in [1.54, 1.807) is 30.4 Å². The molecule has 156 valence electrons. The first-order valence-electron chi connectivity index (χ1n) is 9.14. The van der Waals surface area contributed by atoms with E-state index in [0.29, 0.717) is 23.5 Å². The van der Waals surface area contributed by atoms with Crippen LogP contribution in [0.4, 0.5) is 4.39 Å². The second kappa shape index (κ2) is 9.66. The first kappa shape index (κ1) is 22.4. The van der Waals surface area contributed by atoms with Crippen LogP contribution in [0.2, 0.25) is 0 Å². The largest absolute Gasteiger partial charge is 0.479 e. The van der Waals surface area contributed by atoms with Gasteiger partial charge in [0, 0.05) is 34.8 Å². The third kappa shape index (κ3) is 5.24. The number of rotatable bonds is 9. The molecule has 2 aromatic rings. The molecule has 8 heteroatoms. The van der Waals surface area contributed by atoms with Crippen LogP contribution in [-0.4, -0.2) is 39.7 Å². The van der Waals surface area contributed by atoms with Crippen LogP contribution in [0.3, 0.4) is 0 Å². The Morgan fingerprint density at radius 1 is 1.24 bits per heavy atom. The van der Waals surface area contributed by atoms with Crippen molar-refractivity contribution in [3.63, 3.8) is 0 Å². The summed E-state index contributed by atoms with van der Waals surface area (Å²) in [6.45, 7) is 1.69. The van der Waals surface area contributed by atoms with Crippen molar-refractivity contribution >= 4 is 41.5 Å². The average Bonchev–Trinajstić information content (AvgIpc) is 3.33. The standard InChI is InChI=1S/C21H23FO4S3/c1-21(14-2-4-15(22)5-3-14)20(25)9-16(26-21)8-19(13-6-7-28-11-13)29-12-18(24)17(23)10-27/h2-7,9,11,17-19,23-24,27H,8,10,12H2,1H3/t17-,18+,19?,21?/m0/s1. The molecule has 4 atom stereocenters. The van der Waals surface area contributed by atoms with E-state index in [4.69, 9.17) is 4.74 Å². The van der Waals surface area contributed by atoms with Gasteiger partial charge in [-0.05, 0) is 41.4 Å². The highest BCUT2D eigenvalue weighted by Gasteiger charge is 2.42. The molecule has 3 rings (SSSR count). The van der Waals surface area contributed by atoms with Gasteiger partial charge in [0.1, 0.15) is 11.6 Å². The normalized spacial score (nSPS) is 22.1. The van der Waals surface area contributed by atoms with Crippen molar-refractivity contribution in [3.05, 3.63) is 69.9 Å². The molecule has 0 amide bonds. The summed E-state index contributed by atoms with van der Waals surface area (Å²) in [6.07, 6.45) is 0.193. The van der Waals surface area contributed by atoms with Gasteiger partial charge in [0.2, 0.25) is 5.78 Å². The molecule has 0 fully saturated rings. The molecule has 1 aromatic heterocycles. The first-order chi connectivity index (χ1) is 13.8. The van der Waals surface area contributed by atoms with Crippen molar-refractivity contribution in [1.82, 2.24) is 0 Å². The Morgan fingerprint density at radius 2 is 1.97 bits per heavy atom. The quantitative estimate of drug-likeness (QED) is 0.498. The van der Waals surface area contributed by atoms with Gasteiger partial charge in [0.25, 0.3) is 0 Å². The average molecular weight is 455 g/mol. The number of carbonyl (C=O) groups excluding carboxylic acids is 1. The topological polar surface area (TPSA) is 66.8 Å². The molecule has 2 N–H and O–H groups in total. The molecule has 29 heavy (non-hydrogen) atoms. The maximum Gasteiger partial charge on any atom is 0.206 e. The molecule has 1 aliphatic heterocycles. The van der Waals surface area contributed by atoms with Crippen molar-refractivity contribution in [2.45, 2.75) is 36.4 Å². The van der Waals surface area contributed by atoms with Gasteiger partial charge in [0.15, 0.2) is 5.60 Å². The summed E-state index contributed by atoms with van der Waals surface area (Å²) in [6, 6.07) is 7.75. The number of halogens is 1. The molecule has 2 unspecified atom stereocenters. The van der Waals surface area contributed by atoms with E-state index >= 15 is 0 Å². The highest BCUT2D eigenvalue weighted by atomic mass is 32.2. The lowest BCUT2D eigenvalue weighted by atomic mass is 9.92. The number of aliphatic hydroxyl groups is 2. The van der Waals surface area contributed by atoms with E-state index in [9.17, 15) is 19.4 Å². The van der Waals surface area contributed by atoms with E-state index in [0.717, 1.165) is 5.56 Å². The van der Waals surface area contributed by atoms with Crippen LogP contribution in [0.1, 0.15) is 29.7 Å². The second-order valence-corrected chi connectivity index (χ2v) is 9.40. The molecular weight excluding hydrogens is 431 g/mol. The highest BCUT2D eigenvalue weighted by Crippen LogP contribution is 2.42. The number of allylic oxidation sites excluding steroid dienone is 1. The third-order valence-corrected chi connectivity index (χ3v) is 7.34. The van der Waals surface area contributed by atoms with E-state index in [1.807, 2.05) is 16.8 Å². The van der Waals surface area contributed by atoms with Crippen LogP contribution in [0, 0.1) is 5.82 Å². The first-order valence-corrected chi connectivity index (χ1v) is 11.8. The van der Waals surface area contributed by atoms with Crippen molar-refractivity contribution in [1.29, 1.82) is 0 Å². The highest BCUT2D eigenvalue weighted by molar-refractivity contribution is 7.99. The van der Waals surface area contributed by atoms with E-state index in [2.05, 4.69) is 12.6 Å². The number of hydrogen-bond acceptors (Lipinski definition) is 7. The summed E-state index contributed by atoms with van der Waals surface area (Å²) in [4.78, 5) is 12.7. The third-order valence-electron chi connectivity index (χ3n) is 4.89. The molecular formula is C21H23FO4S3. The van der Waals surface area contributed by atoms with Gasteiger partial charge in [-0.1, -0.05) is 12.1 Å². The molecule has 0 radical (unpaired) electrons. The van der Waals surface area contributed by atoms with Crippen molar-refractivity contribution < 1.29 is 24.1 Å². The lowest BCUT2D eigenvalue weighted by Gasteiger charge is -2.26. The van der Waals surface area contributed by atoms with Crippen LogP contribution in [0.5, 0.6) is 0 Å². The molecule has 2 heterocycles. The predicted molar refractivity (Wildman–Crippen MR) is 118 cm³/mol. The molecule has 0 spiro atoms. The van der Waals surface area contributed by atoms with Gasteiger partial charge in [0.05, 0.1) is 12.2 Å². The summed E-state index contributed by atoms with van der Waals surface area (Å²) in [7, 11) is 0. The van der Waals surface area contributed by atoms with Crippen LogP contribution in [0.15, 0.2) is 52.9 Å². The smallest absolute Gasteiger partial charge is 0.206 e. The van der Waals surface area contributed by atoms with Crippen molar-refractivity contribution in [3.8, 4) is 0 Å². The molecule has 1 aliphatic rings. The minimum Gasteiger partial charge on any atom is -0.479 e. The minimum atomic E-state index is -1.17. The molecule has 0 saturated carbocycles. The monoisotopic (exact) mass is 454 g/mol. The summed E-state index contributed by atoms with van der Waals surface area (Å²) < 4.78 is 19.3. The fourth-order valence-electron chi connectivity index (χ4n) is 3.06. The van der Waals surface area contributed by atoms with Gasteiger partial charge in [-0.15, -0.1) is 0 Å². The number of ether oxygens (including phenoxy) is 1. The van der Waals surface area contributed by atoms with Crippen LogP contribution in [0.25, 0.3) is 0 Å². The fourth-order valence-corrected chi connectivity index (χ4v) is 5.37. The molecule has 4 nitrogen and oxygen atoms in total. The number of carbonyl (C=O) groups is 1. The zero-order chi connectivity index (χ0) is 21.0. The van der Waals surface area contributed by atoms with Gasteiger partial charge >= 0.3 is 0 Å². The maximum absolute atomic E-state index is 13.3. The lowest BCUT2D eigenvalue weighted by molar-refractivity contribution is -0.129. The Kier molecular flexibility index (Phi) is 7.45. The Morgan fingerprint density at radius 3 is 2.59 bits per heavy atom. The zero-order valence-corrected chi connectivity index (χ0v) is 18.4. The minimum absolute atomic E-state index is 0.0439. The summed E-state index contributed by atoms with van der Waals surface area (Å²) >= 11 is 7.08. The molecule has 1 aromatic carbocycles. The van der Waals surface area contributed by atoms with Gasteiger partial charge in [-0.2, -0.15) is 35.7 Å². The summed E-state index contributed by atoms with van der Waals surface area (Å²) in [5.41, 5.74) is 0.497. The predicted octanol–water partition coefficient (Wildman–Crippen LogP) is 4.10. The SMILES string of the molecule is CC1(c2ccc(F)cc2)OC(CC(SC[C@@H](O)[C@@H](O)CS)c2ccsc2)=CC1=O. The summed E-state index contributed by atoms with van der Waals surface area (Å²) in [5.74, 6) is 0.517. The van der Waals surface area contributed by atoms with Crippen LogP contribution < -0.4 is 0 Å². The number of hydrogen-bond donors (Lipinski definition) is 3. The number of thioether (sulfide) groups is 1. The van der Waals surface area contributed by atoms with E-state index < -0.39 is 17.8 Å². The van der Waals surface area contributed by atoms with Gasteiger partial charge in [-0.25, -0.2) is 4.39 Å². The Hall–Kier alpha value is -1.32. The van der Waals surface area contributed by atoms with Gasteiger partial charge in [-0.3, -0.25) is 4.79 Å². The lowest BCUT2D eigenvalue weighted by Crippen LogP contribution is -2.30. The number of benzene rings is 1. The summed E-state index contributed by atoms with van der Waals surface area (Å²) in [5, 5.41) is 23.8. The van der Waals surface area contributed by atoms with E-state index in [-0.39, 0.29) is 22.6 Å². The van der Waals surface area contributed by atoms with Crippen molar-refractivity contribution in [2.24, 2.45) is 0 Å². The number of aliphatic hydroxyl groups excluding tert-OH is 2. The fraction of sp³-hybridized carbons (Fsp3) is 0.381. The molecule has 0 bridgehead atoms. The molecule has 0 aliphatic carbocycles. The molecule has 0 saturated heterocycles. The second-order valence-electron chi connectivity index (χ2n) is 7.02. The zero-order valence-electron chi connectivity index (χ0n) is 15.8. The van der Waals surface area contributed by atoms with Crippen LogP contribution in [-0.2, 0) is 15.1 Å². The maximum atomic E-state index is 13.3. The van der Waals surface area contributed by atoms with Crippen molar-refractivity contribution in [2.75, 3.05) is 11.5 Å². The van der Waals surface area contributed by atoms with Crippen LogP contribution >= 0.6 is 35.7 Å². The number of ketones is 1. The number of thiol groups is 1. The Balaban J connectivity index is 1.72. The number of thiophene rings is 1. The van der Waals surface area contributed by atoms with E-state index in [1.165, 1.54) is 30.0 Å². The Labute approximate surface area is 183 Å². The Bertz CT molecular complexity index is 853.